The molecule has 3 aromatic rings. The van der Waals surface area contributed by atoms with Gasteiger partial charge in [0.25, 0.3) is 15.9 Å². The Bertz CT molecular complexity index is 1230. The number of rotatable bonds is 5. The Kier molecular flexibility index (Phi) is 5.17. The van der Waals surface area contributed by atoms with Crippen molar-refractivity contribution < 1.29 is 22.7 Å². The summed E-state index contributed by atoms with van der Waals surface area (Å²) in [5.41, 5.74) is 3.08. The highest BCUT2D eigenvalue weighted by atomic mass is 32.2. The Balaban J connectivity index is 1.61. The van der Waals surface area contributed by atoms with E-state index in [9.17, 15) is 13.2 Å². The van der Waals surface area contributed by atoms with Crippen LogP contribution in [0.15, 0.2) is 52.7 Å². The van der Waals surface area contributed by atoms with E-state index >= 15 is 0 Å². The van der Waals surface area contributed by atoms with Crippen LogP contribution >= 0.6 is 11.3 Å². The number of thiophene rings is 1. The molecule has 156 valence electrons. The summed E-state index contributed by atoms with van der Waals surface area (Å²) in [6.45, 7) is 4.02. The van der Waals surface area contributed by atoms with Crippen LogP contribution in [0.4, 0.5) is 11.4 Å². The lowest BCUT2D eigenvalue weighted by Gasteiger charge is -2.20. The largest absolute Gasteiger partial charge is 0.454 e. The maximum atomic E-state index is 13.2. The van der Waals surface area contributed by atoms with Crippen LogP contribution in [0.3, 0.4) is 0 Å². The summed E-state index contributed by atoms with van der Waals surface area (Å²) in [6, 6.07) is 11.9. The average molecular weight is 445 g/mol. The summed E-state index contributed by atoms with van der Waals surface area (Å²) in [5.74, 6) is 0.625. The van der Waals surface area contributed by atoms with Gasteiger partial charge in [-0.2, -0.15) is 0 Å². The maximum Gasteiger partial charge on any atom is 0.267 e. The molecule has 1 aliphatic heterocycles. The molecule has 2 aromatic carbocycles. The van der Waals surface area contributed by atoms with Gasteiger partial charge in [0, 0.05) is 18.8 Å². The van der Waals surface area contributed by atoms with E-state index in [4.69, 9.17) is 9.47 Å². The molecular weight excluding hydrogens is 424 g/mol. The van der Waals surface area contributed by atoms with Gasteiger partial charge in [0.15, 0.2) is 11.5 Å². The van der Waals surface area contributed by atoms with Gasteiger partial charge in [0.1, 0.15) is 9.77 Å². The van der Waals surface area contributed by atoms with Crippen molar-refractivity contribution in [3.8, 4) is 11.5 Å². The van der Waals surface area contributed by atoms with E-state index in [-0.39, 0.29) is 16.6 Å². The Hall–Kier alpha value is -3.04. The first-order valence-corrected chi connectivity index (χ1v) is 11.4. The third-order valence-electron chi connectivity index (χ3n) is 4.96. The standard InChI is InChI=1S/C21H20N2O5S2/c1-13-4-6-16(10-14(13)2)23(3)30(25,26)19-8-9-29-20(19)21(24)22-15-5-7-17-18(11-15)28-12-27-17/h4-11H,12H2,1-3H3,(H,22,24). The van der Waals surface area contributed by atoms with Crippen LogP contribution in [0.5, 0.6) is 11.5 Å². The quantitative estimate of drug-likeness (QED) is 0.638. The van der Waals surface area contributed by atoms with E-state index < -0.39 is 15.9 Å². The molecule has 0 aliphatic carbocycles. The van der Waals surface area contributed by atoms with Gasteiger partial charge >= 0.3 is 0 Å². The molecule has 0 atom stereocenters. The molecule has 0 bridgehead atoms. The summed E-state index contributed by atoms with van der Waals surface area (Å²) in [6.07, 6.45) is 0. The SMILES string of the molecule is Cc1ccc(N(C)S(=O)(=O)c2ccsc2C(=O)Nc2ccc3c(c2)OCO3)cc1C. The second-order valence-corrected chi connectivity index (χ2v) is 9.73. The molecule has 1 aromatic heterocycles. The summed E-state index contributed by atoms with van der Waals surface area (Å²) in [5, 5.41) is 4.33. The predicted octanol–water partition coefficient (Wildman–Crippen LogP) is 4.17. The number of carbonyl (C=O) groups excluding carboxylic acids is 1. The number of ether oxygens (including phenoxy) is 2. The second-order valence-electron chi connectivity index (χ2n) is 6.88. The van der Waals surface area contributed by atoms with Gasteiger partial charge < -0.3 is 14.8 Å². The van der Waals surface area contributed by atoms with Crippen LogP contribution in [0, 0.1) is 13.8 Å². The van der Waals surface area contributed by atoms with Gasteiger partial charge in [-0.05, 0) is 60.7 Å². The lowest BCUT2D eigenvalue weighted by Crippen LogP contribution is -2.28. The lowest BCUT2D eigenvalue weighted by molar-refractivity contribution is 0.102. The monoisotopic (exact) mass is 444 g/mol. The van der Waals surface area contributed by atoms with Crippen molar-refractivity contribution in [3.05, 3.63) is 63.8 Å². The number of benzene rings is 2. The minimum Gasteiger partial charge on any atom is -0.454 e. The summed E-state index contributed by atoms with van der Waals surface area (Å²) < 4.78 is 38.2. The number of fused-ring (bicyclic) bond motifs is 1. The number of hydrogen-bond acceptors (Lipinski definition) is 6. The zero-order valence-electron chi connectivity index (χ0n) is 16.6. The van der Waals surface area contributed by atoms with Crippen molar-refractivity contribution in [2.75, 3.05) is 23.5 Å². The predicted molar refractivity (Wildman–Crippen MR) is 116 cm³/mol. The molecule has 9 heteroatoms. The number of aryl methyl sites for hydroxylation is 2. The topological polar surface area (TPSA) is 84.9 Å². The molecule has 30 heavy (non-hydrogen) atoms. The Morgan fingerprint density at radius 3 is 2.57 bits per heavy atom. The normalized spacial score (nSPS) is 12.6. The van der Waals surface area contributed by atoms with Gasteiger partial charge in [-0.1, -0.05) is 6.07 Å². The third kappa shape index (κ3) is 3.61. The van der Waals surface area contributed by atoms with Gasteiger partial charge in [-0.3, -0.25) is 9.10 Å². The maximum absolute atomic E-state index is 13.2. The van der Waals surface area contributed by atoms with Crippen LogP contribution in [0.25, 0.3) is 0 Å². The van der Waals surface area contributed by atoms with Crippen LogP contribution in [0.1, 0.15) is 20.8 Å². The first kappa shape index (κ1) is 20.2. The molecule has 0 fully saturated rings. The van der Waals surface area contributed by atoms with E-state index in [1.807, 2.05) is 26.0 Å². The number of amides is 1. The van der Waals surface area contributed by atoms with Crippen LogP contribution in [-0.4, -0.2) is 28.2 Å². The van der Waals surface area contributed by atoms with Gasteiger partial charge in [-0.25, -0.2) is 8.42 Å². The highest BCUT2D eigenvalue weighted by Gasteiger charge is 2.29. The molecule has 0 saturated carbocycles. The number of nitrogens with one attached hydrogen (secondary N) is 1. The number of carbonyl (C=O) groups is 1. The van der Waals surface area contributed by atoms with Crippen LogP contribution in [-0.2, 0) is 10.0 Å². The fourth-order valence-electron chi connectivity index (χ4n) is 3.04. The number of sulfonamides is 1. The summed E-state index contributed by atoms with van der Waals surface area (Å²) in [4.78, 5) is 12.9. The summed E-state index contributed by atoms with van der Waals surface area (Å²) in [7, 11) is -2.43. The van der Waals surface area contributed by atoms with E-state index in [1.54, 1.807) is 29.6 Å². The molecule has 0 unspecified atom stereocenters. The molecule has 1 aliphatic rings. The number of nitrogens with zero attached hydrogens (tertiary/aromatic N) is 1. The van der Waals surface area contributed by atoms with E-state index in [0.717, 1.165) is 22.5 Å². The van der Waals surface area contributed by atoms with Crippen molar-refractivity contribution in [3.63, 3.8) is 0 Å². The fraction of sp³-hybridized carbons (Fsp3) is 0.190. The van der Waals surface area contributed by atoms with Crippen molar-refractivity contribution >= 4 is 38.6 Å². The fourth-order valence-corrected chi connectivity index (χ4v) is 5.52. The number of hydrogen-bond donors (Lipinski definition) is 1. The lowest BCUT2D eigenvalue weighted by atomic mass is 10.1. The minimum atomic E-state index is -3.92. The van der Waals surface area contributed by atoms with Crippen molar-refractivity contribution in [1.29, 1.82) is 0 Å². The van der Waals surface area contributed by atoms with Crippen LogP contribution < -0.4 is 19.1 Å². The second kappa shape index (κ2) is 7.66. The van der Waals surface area contributed by atoms with E-state index in [2.05, 4.69) is 5.32 Å². The zero-order valence-corrected chi connectivity index (χ0v) is 18.3. The molecule has 1 amide bonds. The van der Waals surface area contributed by atoms with Gasteiger partial charge in [0.2, 0.25) is 6.79 Å². The molecule has 0 radical (unpaired) electrons. The average Bonchev–Trinajstić information content (AvgIpc) is 3.38. The first-order chi connectivity index (χ1) is 14.3. The van der Waals surface area contributed by atoms with Gasteiger partial charge in [0.05, 0.1) is 5.69 Å². The Labute approximate surface area is 178 Å². The number of anilines is 2. The van der Waals surface area contributed by atoms with Gasteiger partial charge in [-0.15, -0.1) is 11.3 Å². The zero-order chi connectivity index (χ0) is 21.5. The molecule has 0 saturated heterocycles. The van der Waals surface area contributed by atoms with Crippen LogP contribution in [0.2, 0.25) is 0 Å². The van der Waals surface area contributed by atoms with Crippen molar-refractivity contribution in [2.24, 2.45) is 0 Å². The highest BCUT2D eigenvalue weighted by Crippen LogP contribution is 2.35. The molecule has 1 N–H and O–H groups in total. The molecule has 7 nitrogen and oxygen atoms in total. The highest BCUT2D eigenvalue weighted by molar-refractivity contribution is 7.93. The van der Waals surface area contributed by atoms with Crippen molar-refractivity contribution in [1.82, 2.24) is 0 Å². The van der Waals surface area contributed by atoms with Crippen molar-refractivity contribution in [2.45, 2.75) is 18.7 Å². The smallest absolute Gasteiger partial charge is 0.267 e. The summed E-state index contributed by atoms with van der Waals surface area (Å²) >= 11 is 1.07. The van der Waals surface area contributed by atoms with E-state index in [1.165, 1.54) is 17.4 Å². The van der Waals surface area contributed by atoms with E-state index in [0.29, 0.717) is 22.9 Å². The third-order valence-corrected chi connectivity index (χ3v) is 7.83. The molecule has 0 spiro atoms. The molecular formula is C21H20N2O5S2. The molecule has 2 heterocycles. The Morgan fingerprint density at radius 1 is 1.03 bits per heavy atom. The molecule has 4 rings (SSSR count). The Morgan fingerprint density at radius 2 is 1.80 bits per heavy atom. The first-order valence-electron chi connectivity index (χ1n) is 9.12. The minimum absolute atomic E-state index is 0.0357.